The quantitative estimate of drug-likeness (QED) is 0.495. The molecule has 1 aromatic rings. The van der Waals surface area contributed by atoms with E-state index in [-0.39, 0.29) is 6.10 Å². The maximum Gasteiger partial charge on any atom is 0.329 e. The second kappa shape index (κ2) is 6.14. The summed E-state index contributed by atoms with van der Waals surface area (Å²) in [7, 11) is 0. The van der Waals surface area contributed by atoms with E-state index >= 15 is 0 Å². The fourth-order valence-electron chi connectivity index (χ4n) is 1.22. The SMILES string of the molecule is O=CNc1nc(C(NOC2CSC2)C(=O)O)cs1. The predicted octanol–water partition coefficient (Wildman–Crippen LogP) is 0.474. The molecule has 0 aliphatic carbocycles. The van der Waals surface area contributed by atoms with E-state index in [1.54, 1.807) is 17.1 Å². The highest BCUT2D eigenvalue weighted by Gasteiger charge is 2.26. The number of aliphatic carboxylic acids is 1. The summed E-state index contributed by atoms with van der Waals surface area (Å²) < 4.78 is 0. The molecule has 7 nitrogen and oxygen atoms in total. The van der Waals surface area contributed by atoms with Gasteiger partial charge in [-0.25, -0.2) is 4.98 Å². The average molecular weight is 289 g/mol. The molecule has 2 rings (SSSR count). The van der Waals surface area contributed by atoms with E-state index in [0.29, 0.717) is 17.2 Å². The Bertz CT molecular complexity index is 435. The minimum absolute atomic E-state index is 0.0445. The van der Waals surface area contributed by atoms with Crippen LogP contribution in [0.5, 0.6) is 0 Å². The van der Waals surface area contributed by atoms with E-state index in [1.807, 2.05) is 0 Å². The number of thiazole rings is 1. The highest BCUT2D eigenvalue weighted by atomic mass is 32.2. The molecule has 2 heterocycles. The molecule has 9 heteroatoms. The Balaban J connectivity index is 1.98. The number of carbonyl (C=O) groups excluding carboxylic acids is 1. The second-order valence-corrected chi connectivity index (χ2v) is 5.44. The third-order valence-electron chi connectivity index (χ3n) is 2.21. The molecule has 1 fully saturated rings. The number of thioether (sulfide) groups is 1. The van der Waals surface area contributed by atoms with E-state index in [1.165, 1.54) is 0 Å². The van der Waals surface area contributed by atoms with Crippen molar-refractivity contribution in [3.63, 3.8) is 0 Å². The van der Waals surface area contributed by atoms with Gasteiger partial charge in [-0.1, -0.05) is 0 Å². The lowest BCUT2D eigenvalue weighted by Crippen LogP contribution is -2.38. The van der Waals surface area contributed by atoms with Crippen LogP contribution in [0.2, 0.25) is 0 Å². The number of carbonyl (C=O) groups is 2. The smallest absolute Gasteiger partial charge is 0.329 e. The number of hydrogen-bond donors (Lipinski definition) is 3. The molecule has 3 N–H and O–H groups in total. The van der Waals surface area contributed by atoms with Crippen LogP contribution in [0.25, 0.3) is 0 Å². The number of nitrogens with one attached hydrogen (secondary N) is 2. The maximum absolute atomic E-state index is 11.1. The first-order valence-corrected chi connectivity index (χ1v) is 7.11. The predicted molar refractivity (Wildman–Crippen MR) is 67.5 cm³/mol. The van der Waals surface area contributed by atoms with Gasteiger partial charge in [0.1, 0.15) is 0 Å². The summed E-state index contributed by atoms with van der Waals surface area (Å²) in [6, 6.07) is -1.03. The zero-order chi connectivity index (χ0) is 13.0. The normalized spacial score (nSPS) is 16.9. The average Bonchev–Trinajstić information content (AvgIpc) is 2.70. The maximum atomic E-state index is 11.1. The van der Waals surface area contributed by atoms with Crippen LogP contribution in [0, 0.1) is 0 Å². The third-order valence-corrected chi connectivity index (χ3v) is 4.21. The number of anilines is 1. The van der Waals surface area contributed by atoms with Gasteiger partial charge in [0.05, 0.1) is 11.8 Å². The molecule has 0 saturated carbocycles. The van der Waals surface area contributed by atoms with Gasteiger partial charge in [0.15, 0.2) is 11.2 Å². The van der Waals surface area contributed by atoms with E-state index < -0.39 is 12.0 Å². The van der Waals surface area contributed by atoms with Crippen molar-refractivity contribution in [2.75, 3.05) is 16.8 Å². The van der Waals surface area contributed by atoms with E-state index in [4.69, 9.17) is 9.94 Å². The number of rotatable bonds is 7. The molecule has 1 aromatic heterocycles. The Morgan fingerprint density at radius 1 is 1.67 bits per heavy atom. The standard InChI is InChI=1S/C9H11N3O4S2/c13-4-10-9-11-6(3-18-9)7(8(14)15)12-16-5-1-17-2-5/h3-5,7,12H,1-2H2,(H,14,15)(H,10,11,13). The zero-order valence-corrected chi connectivity index (χ0v) is 10.8. The number of hydrogen-bond acceptors (Lipinski definition) is 7. The first-order chi connectivity index (χ1) is 8.70. The van der Waals surface area contributed by atoms with Crippen molar-refractivity contribution in [2.24, 2.45) is 0 Å². The third kappa shape index (κ3) is 3.19. The fourth-order valence-corrected chi connectivity index (χ4v) is 2.48. The summed E-state index contributed by atoms with van der Waals surface area (Å²) in [5.41, 5.74) is 2.82. The molecule has 1 atom stereocenters. The van der Waals surface area contributed by atoms with Crippen LogP contribution in [0.15, 0.2) is 5.38 Å². The van der Waals surface area contributed by atoms with Crippen molar-refractivity contribution in [3.8, 4) is 0 Å². The Hall–Kier alpha value is -1.16. The molecule has 0 spiro atoms. The molecule has 1 aliphatic heterocycles. The van der Waals surface area contributed by atoms with Gasteiger partial charge in [0.25, 0.3) is 0 Å². The highest BCUT2D eigenvalue weighted by molar-refractivity contribution is 8.00. The van der Waals surface area contributed by atoms with Crippen LogP contribution in [-0.2, 0) is 14.4 Å². The van der Waals surface area contributed by atoms with Gasteiger partial charge in [-0.05, 0) is 0 Å². The molecule has 18 heavy (non-hydrogen) atoms. The Morgan fingerprint density at radius 3 is 3.00 bits per heavy atom. The largest absolute Gasteiger partial charge is 0.480 e. The van der Waals surface area contributed by atoms with Gasteiger partial charge < -0.3 is 10.4 Å². The van der Waals surface area contributed by atoms with Crippen LogP contribution in [0.4, 0.5) is 5.13 Å². The molecule has 1 aliphatic rings. The van der Waals surface area contributed by atoms with Crippen LogP contribution in [0.3, 0.4) is 0 Å². The minimum atomic E-state index is -1.08. The summed E-state index contributed by atoms with van der Waals surface area (Å²) in [5, 5.41) is 13.4. The first kappa shape index (κ1) is 13.3. The van der Waals surface area contributed by atoms with Gasteiger partial charge in [-0.2, -0.15) is 17.2 Å². The molecule has 0 aromatic carbocycles. The molecule has 1 amide bonds. The highest BCUT2D eigenvalue weighted by Crippen LogP contribution is 2.23. The topological polar surface area (TPSA) is 101 Å². The second-order valence-electron chi connectivity index (χ2n) is 3.51. The molecule has 1 unspecified atom stereocenters. The molecular formula is C9H11N3O4S2. The summed E-state index contributed by atoms with van der Waals surface area (Å²) in [4.78, 5) is 30.6. The lowest BCUT2D eigenvalue weighted by atomic mass is 10.2. The molecule has 1 saturated heterocycles. The van der Waals surface area contributed by atoms with Crippen molar-refractivity contribution < 1.29 is 19.5 Å². The number of carboxylic acid groups (broad SMARTS) is 1. The summed E-state index contributed by atoms with van der Waals surface area (Å²) in [6.45, 7) is 0. The lowest BCUT2D eigenvalue weighted by Gasteiger charge is -2.26. The summed E-state index contributed by atoms with van der Waals surface area (Å²) >= 11 is 2.89. The molecule has 98 valence electrons. The number of amides is 1. The molecular weight excluding hydrogens is 278 g/mol. The minimum Gasteiger partial charge on any atom is -0.480 e. The monoisotopic (exact) mass is 289 g/mol. The van der Waals surface area contributed by atoms with Crippen LogP contribution >= 0.6 is 23.1 Å². The number of aromatic nitrogens is 1. The van der Waals surface area contributed by atoms with Crippen molar-refractivity contribution in [1.29, 1.82) is 0 Å². The van der Waals surface area contributed by atoms with Crippen LogP contribution in [0.1, 0.15) is 11.7 Å². The van der Waals surface area contributed by atoms with Gasteiger partial charge in [-0.15, -0.1) is 11.3 Å². The Labute approximate surface area is 111 Å². The van der Waals surface area contributed by atoms with Crippen molar-refractivity contribution in [1.82, 2.24) is 10.5 Å². The van der Waals surface area contributed by atoms with Crippen LogP contribution < -0.4 is 10.8 Å². The van der Waals surface area contributed by atoms with Gasteiger partial charge >= 0.3 is 5.97 Å². The van der Waals surface area contributed by atoms with Crippen molar-refractivity contribution in [3.05, 3.63) is 11.1 Å². The summed E-state index contributed by atoms with van der Waals surface area (Å²) in [6.07, 6.45) is 0.538. The lowest BCUT2D eigenvalue weighted by molar-refractivity contribution is -0.146. The zero-order valence-electron chi connectivity index (χ0n) is 9.16. The molecule has 0 bridgehead atoms. The van der Waals surface area contributed by atoms with E-state index in [9.17, 15) is 9.59 Å². The number of carboxylic acids is 1. The number of hydroxylamine groups is 1. The molecule has 0 radical (unpaired) electrons. The van der Waals surface area contributed by atoms with E-state index in [2.05, 4.69) is 15.8 Å². The van der Waals surface area contributed by atoms with Gasteiger partial charge in [0, 0.05) is 16.9 Å². The Kier molecular flexibility index (Phi) is 4.53. The van der Waals surface area contributed by atoms with E-state index in [0.717, 1.165) is 22.8 Å². The Morgan fingerprint density at radius 2 is 2.44 bits per heavy atom. The summed E-state index contributed by atoms with van der Waals surface area (Å²) in [5.74, 6) is 0.632. The van der Waals surface area contributed by atoms with Gasteiger partial charge in [0.2, 0.25) is 6.41 Å². The fraction of sp³-hybridized carbons (Fsp3) is 0.444. The van der Waals surface area contributed by atoms with Gasteiger partial charge in [-0.3, -0.25) is 14.4 Å². The van der Waals surface area contributed by atoms with Crippen molar-refractivity contribution in [2.45, 2.75) is 12.1 Å². The van der Waals surface area contributed by atoms with Crippen molar-refractivity contribution >= 4 is 40.6 Å². The van der Waals surface area contributed by atoms with Crippen LogP contribution in [-0.4, -0.2) is 40.1 Å². The first-order valence-electron chi connectivity index (χ1n) is 5.08. The number of nitrogens with zero attached hydrogens (tertiary/aromatic N) is 1.